The van der Waals surface area contributed by atoms with Gasteiger partial charge in [-0.25, -0.2) is 9.78 Å². The molecule has 1 aromatic carbocycles. The zero-order valence-corrected chi connectivity index (χ0v) is 16.6. The molecule has 2 aromatic heterocycles. The third-order valence-corrected chi connectivity index (χ3v) is 6.02. The molecule has 0 unspecified atom stereocenters. The summed E-state index contributed by atoms with van der Waals surface area (Å²) in [6.45, 7) is 3.04. The Morgan fingerprint density at radius 2 is 2.10 bits per heavy atom. The first kappa shape index (κ1) is 19.3. The zero-order chi connectivity index (χ0) is 20.5. The Kier molecular flexibility index (Phi) is 5.14. The Morgan fingerprint density at radius 3 is 2.83 bits per heavy atom. The largest absolute Gasteiger partial charge is 0.466 e. The quantitative estimate of drug-likeness (QED) is 0.656. The minimum atomic E-state index is -0.777. The van der Waals surface area contributed by atoms with Gasteiger partial charge in [0.05, 0.1) is 17.2 Å². The van der Waals surface area contributed by atoms with Gasteiger partial charge in [0.2, 0.25) is 5.91 Å². The highest BCUT2D eigenvalue weighted by Crippen LogP contribution is 2.42. The van der Waals surface area contributed by atoms with E-state index in [4.69, 9.17) is 9.15 Å². The Hall–Kier alpha value is -3.07. The van der Waals surface area contributed by atoms with Crippen molar-refractivity contribution in [3.63, 3.8) is 0 Å². The van der Waals surface area contributed by atoms with Gasteiger partial charge in [-0.15, -0.1) is 11.8 Å². The smallest absolute Gasteiger partial charge is 0.330 e. The van der Waals surface area contributed by atoms with E-state index >= 15 is 0 Å². The van der Waals surface area contributed by atoms with Crippen LogP contribution in [-0.2, 0) is 14.3 Å². The predicted molar refractivity (Wildman–Crippen MR) is 107 cm³/mol. The second-order valence-corrected chi connectivity index (χ2v) is 7.80. The second-order valence-electron chi connectivity index (χ2n) is 6.69. The van der Waals surface area contributed by atoms with E-state index < -0.39 is 18.1 Å². The van der Waals surface area contributed by atoms with Crippen molar-refractivity contribution in [2.75, 3.05) is 5.75 Å². The van der Waals surface area contributed by atoms with Gasteiger partial charge in [0.15, 0.2) is 11.9 Å². The molecule has 3 aromatic rings. The minimum Gasteiger partial charge on any atom is -0.466 e. The summed E-state index contributed by atoms with van der Waals surface area (Å²) in [4.78, 5) is 45.8. The summed E-state index contributed by atoms with van der Waals surface area (Å²) in [5.41, 5.74) is 0.224. The molecule has 9 heteroatoms. The van der Waals surface area contributed by atoms with E-state index in [0.29, 0.717) is 22.4 Å². The van der Waals surface area contributed by atoms with Gasteiger partial charge < -0.3 is 19.0 Å². The van der Waals surface area contributed by atoms with Crippen molar-refractivity contribution in [2.24, 2.45) is 0 Å². The number of fused-ring (bicyclic) bond motifs is 1. The Morgan fingerprint density at radius 1 is 1.31 bits per heavy atom. The number of aromatic nitrogens is 2. The van der Waals surface area contributed by atoms with Gasteiger partial charge in [-0.2, -0.15) is 0 Å². The lowest BCUT2D eigenvalue weighted by atomic mass is 10.2. The number of esters is 1. The van der Waals surface area contributed by atoms with Gasteiger partial charge in [0.25, 0.3) is 5.56 Å². The van der Waals surface area contributed by atoms with Crippen LogP contribution in [0.5, 0.6) is 0 Å². The highest BCUT2D eigenvalue weighted by Gasteiger charge is 2.43. The van der Waals surface area contributed by atoms with Crippen LogP contribution in [0.4, 0.5) is 0 Å². The molecule has 1 saturated heterocycles. The Balaban J connectivity index is 1.54. The first-order chi connectivity index (χ1) is 14.0. The summed E-state index contributed by atoms with van der Waals surface area (Å²) < 4.78 is 11.0. The average molecular weight is 413 g/mol. The van der Waals surface area contributed by atoms with Crippen molar-refractivity contribution in [1.29, 1.82) is 0 Å². The van der Waals surface area contributed by atoms with Crippen molar-refractivity contribution in [3.8, 4) is 0 Å². The summed E-state index contributed by atoms with van der Waals surface area (Å²) in [5.74, 6) is 0.449. The fraction of sp³-hybridized carbons (Fsp3) is 0.300. The van der Waals surface area contributed by atoms with Crippen molar-refractivity contribution in [3.05, 3.63) is 64.6 Å². The second kappa shape index (κ2) is 7.75. The van der Waals surface area contributed by atoms with Crippen LogP contribution in [-0.4, -0.2) is 38.5 Å². The summed E-state index contributed by atoms with van der Waals surface area (Å²) in [5, 5.41) is 0.0833. The monoisotopic (exact) mass is 413 g/mol. The maximum Gasteiger partial charge on any atom is 0.330 e. The molecule has 3 heterocycles. The van der Waals surface area contributed by atoms with Gasteiger partial charge in [-0.1, -0.05) is 12.1 Å². The van der Waals surface area contributed by atoms with Crippen molar-refractivity contribution >= 4 is 34.5 Å². The number of benzene rings is 1. The number of nitrogens with zero attached hydrogens (tertiary/aromatic N) is 2. The van der Waals surface area contributed by atoms with E-state index in [0.717, 1.165) is 0 Å². The number of para-hydroxylation sites is 1. The van der Waals surface area contributed by atoms with E-state index in [1.54, 1.807) is 43.3 Å². The topological polar surface area (TPSA) is 105 Å². The number of ether oxygens (including phenoxy) is 1. The maximum atomic E-state index is 12.8. The summed E-state index contributed by atoms with van der Waals surface area (Å²) in [7, 11) is 0. The third kappa shape index (κ3) is 3.65. The maximum absolute atomic E-state index is 12.8. The van der Waals surface area contributed by atoms with Crippen LogP contribution in [0, 0.1) is 0 Å². The van der Waals surface area contributed by atoms with Gasteiger partial charge >= 0.3 is 5.97 Å². The summed E-state index contributed by atoms with van der Waals surface area (Å²) in [6.07, 6.45) is 0.755. The van der Waals surface area contributed by atoms with Crippen LogP contribution in [0.1, 0.15) is 36.9 Å². The predicted octanol–water partition coefficient (Wildman–Crippen LogP) is 2.78. The van der Waals surface area contributed by atoms with Gasteiger partial charge in [-0.3, -0.25) is 9.59 Å². The first-order valence-electron chi connectivity index (χ1n) is 9.09. The lowest BCUT2D eigenvalue weighted by molar-refractivity contribution is -0.158. The highest BCUT2D eigenvalue weighted by molar-refractivity contribution is 7.99. The summed E-state index contributed by atoms with van der Waals surface area (Å²) in [6, 6.07) is 9.70. The summed E-state index contributed by atoms with van der Waals surface area (Å²) >= 11 is 1.44. The van der Waals surface area contributed by atoms with E-state index in [1.165, 1.54) is 29.8 Å². The zero-order valence-electron chi connectivity index (χ0n) is 15.8. The first-order valence-corrected chi connectivity index (χ1v) is 10.1. The number of rotatable bonds is 4. The molecule has 1 fully saturated rings. The van der Waals surface area contributed by atoms with E-state index in [9.17, 15) is 14.4 Å². The third-order valence-electron chi connectivity index (χ3n) is 4.73. The fourth-order valence-corrected chi connectivity index (χ4v) is 4.74. The normalized spacial score (nSPS) is 20.0. The van der Waals surface area contributed by atoms with Gasteiger partial charge in [-0.05, 0) is 31.2 Å². The number of amides is 1. The minimum absolute atomic E-state index is 0.247. The molecule has 1 aliphatic rings. The van der Waals surface area contributed by atoms with Crippen LogP contribution in [0.2, 0.25) is 0 Å². The van der Waals surface area contributed by atoms with Crippen LogP contribution in [0.15, 0.2) is 51.9 Å². The standard InChI is InChI=1S/C20H19N3O5S/c1-11(17-21-14-7-4-3-6-13(14)18(25)22-17)28-20(26)15-10-29-19(23(15)12(2)24)16-8-5-9-27-16/h3-9,11,15,19H,10H2,1-2H3,(H,21,22,25)/t11-,15+,19+/m0/s1. The average Bonchev–Trinajstić information content (AvgIpc) is 3.37. The SMILES string of the molecule is CC(=O)N1[C@@H](C(=O)O[C@@H](C)c2nc3ccccc3c(=O)[nH]2)CS[C@@H]1c1ccco1. The lowest BCUT2D eigenvalue weighted by Crippen LogP contribution is -2.43. The molecule has 4 rings (SSSR count). The molecule has 1 N–H and O–H groups in total. The molecule has 0 aliphatic carbocycles. The van der Waals surface area contributed by atoms with E-state index in [2.05, 4.69) is 9.97 Å². The Labute approximate surface area is 170 Å². The number of furan rings is 1. The van der Waals surface area contributed by atoms with Gasteiger partial charge in [0, 0.05) is 12.7 Å². The fourth-order valence-electron chi connectivity index (χ4n) is 3.33. The molecule has 150 valence electrons. The molecule has 0 saturated carbocycles. The number of carbonyl (C=O) groups excluding carboxylic acids is 2. The molecular weight excluding hydrogens is 394 g/mol. The van der Waals surface area contributed by atoms with Crippen molar-refractivity contribution in [2.45, 2.75) is 31.4 Å². The molecule has 8 nitrogen and oxygen atoms in total. The molecule has 29 heavy (non-hydrogen) atoms. The molecule has 0 spiro atoms. The number of hydrogen-bond donors (Lipinski definition) is 1. The van der Waals surface area contributed by atoms with E-state index in [1.807, 2.05) is 0 Å². The van der Waals surface area contributed by atoms with Crippen molar-refractivity contribution < 1.29 is 18.7 Å². The molecule has 3 atom stereocenters. The molecule has 1 aliphatic heterocycles. The van der Waals surface area contributed by atoms with Gasteiger partial charge in [0.1, 0.15) is 17.2 Å². The number of hydrogen-bond acceptors (Lipinski definition) is 7. The molecule has 0 radical (unpaired) electrons. The van der Waals surface area contributed by atoms with Crippen LogP contribution >= 0.6 is 11.8 Å². The molecule has 1 amide bonds. The number of thioether (sulfide) groups is 1. The van der Waals surface area contributed by atoms with Crippen LogP contribution < -0.4 is 5.56 Å². The molecule has 0 bridgehead atoms. The Bertz CT molecular complexity index is 1110. The van der Waals surface area contributed by atoms with Crippen molar-refractivity contribution in [1.82, 2.24) is 14.9 Å². The lowest BCUT2D eigenvalue weighted by Gasteiger charge is -2.26. The number of aromatic amines is 1. The van der Waals surface area contributed by atoms with Crippen LogP contribution in [0.3, 0.4) is 0 Å². The number of carbonyl (C=O) groups is 2. The molecular formula is C20H19N3O5S. The highest BCUT2D eigenvalue weighted by atomic mass is 32.2. The number of nitrogens with one attached hydrogen (secondary N) is 1. The van der Waals surface area contributed by atoms with Crippen LogP contribution in [0.25, 0.3) is 10.9 Å². The van der Waals surface area contributed by atoms with E-state index in [-0.39, 0.29) is 22.7 Å². The number of H-pyrrole nitrogens is 1.